The van der Waals surface area contributed by atoms with Gasteiger partial charge < -0.3 is 5.32 Å². The third kappa shape index (κ3) is 5.15. The second-order valence-corrected chi connectivity index (χ2v) is 6.78. The molecule has 2 rings (SSSR count). The molecular formula is C16H19N3O3S. The van der Waals surface area contributed by atoms with Crippen molar-refractivity contribution in [3.05, 3.63) is 65.0 Å². The number of pyridine rings is 1. The summed E-state index contributed by atoms with van der Waals surface area (Å²) < 4.78 is 22.5. The zero-order chi connectivity index (χ0) is 16.9. The summed E-state index contributed by atoms with van der Waals surface area (Å²) in [5.41, 5.74) is 2.65. The topological polar surface area (TPSA) is 102 Å². The molecule has 122 valence electrons. The number of sulfonamides is 1. The van der Waals surface area contributed by atoms with Crippen LogP contribution >= 0.6 is 0 Å². The maximum atomic E-state index is 12.2. The molecule has 3 N–H and O–H groups in total. The Hall–Kier alpha value is -2.25. The number of amides is 1. The first-order chi connectivity index (χ1) is 10.9. The molecule has 23 heavy (non-hydrogen) atoms. The maximum Gasteiger partial charge on any atom is 0.270 e. The Balaban J connectivity index is 2.10. The number of nitrogens with one attached hydrogen (secondary N) is 1. The summed E-state index contributed by atoms with van der Waals surface area (Å²) in [6, 6.07) is 10.6. The molecule has 0 spiro atoms. The van der Waals surface area contributed by atoms with Crippen molar-refractivity contribution in [2.45, 2.75) is 25.6 Å². The number of carbonyl (C=O) groups is 1. The molecule has 1 aromatic heterocycles. The van der Waals surface area contributed by atoms with E-state index in [1.54, 1.807) is 36.5 Å². The fourth-order valence-electron chi connectivity index (χ4n) is 2.17. The lowest BCUT2D eigenvalue weighted by molar-refractivity contribution is 0.0946. The Labute approximate surface area is 135 Å². The summed E-state index contributed by atoms with van der Waals surface area (Å²) in [7, 11) is -3.62. The van der Waals surface area contributed by atoms with E-state index in [-0.39, 0.29) is 18.2 Å². The molecule has 0 aliphatic heterocycles. The molecule has 0 unspecified atom stereocenters. The zero-order valence-electron chi connectivity index (χ0n) is 12.8. The highest BCUT2D eigenvalue weighted by atomic mass is 32.2. The van der Waals surface area contributed by atoms with Crippen molar-refractivity contribution in [3.8, 4) is 0 Å². The molecule has 0 aliphatic carbocycles. The smallest absolute Gasteiger partial charge is 0.270 e. The Bertz CT molecular complexity index is 804. The van der Waals surface area contributed by atoms with E-state index in [2.05, 4.69) is 10.3 Å². The molecule has 0 saturated heterocycles. The van der Waals surface area contributed by atoms with Crippen LogP contribution in [0.1, 0.15) is 34.1 Å². The molecule has 0 saturated carbocycles. The Morgan fingerprint density at radius 2 is 1.91 bits per heavy atom. The van der Waals surface area contributed by atoms with Crippen molar-refractivity contribution in [3.63, 3.8) is 0 Å². The predicted molar refractivity (Wildman–Crippen MR) is 88.0 cm³/mol. The van der Waals surface area contributed by atoms with E-state index in [1.807, 2.05) is 13.0 Å². The Morgan fingerprint density at radius 1 is 1.22 bits per heavy atom. The fraction of sp³-hybridized carbons (Fsp3) is 0.250. The second kappa shape index (κ2) is 7.34. The van der Waals surface area contributed by atoms with Gasteiger partial charge in [-0.25, -0.2) is 13.6 Å². The zero-order valence-corrected chi connectivity index (χ0v) is 13.6. The lowest BCUT2D eigenvalue weighted by Gasteiger charge is -2.10. The van der Waals surface area contributed by atoms with Gasteiger partial charge in [0.25, 0.3) is 5.91 Å². The molecule has 0 fully saturated rings. The Morgan fingerprint density at radius 3 is 2.57 bits per heavy atom. The molecule has 0 radical (unpaired) electrons. The number of nitrogens with zero attached hydrogens (tertiary/aromatic N) is 1. The van der Waals surface area contributed by atoms with Gasteiger partial charge in [0.05, 0.1) is 5.75 Å². The van der Waals surface area contributed by atoms with Crippen LogP contribution in [-0.4, -0.2) is 19.3 Å². The predicted octanol–water partition coefficient (Wildman–Crippen LogP) is 1.36. The molecule has 0 atom stereocenters. The summed E-state index contributed by atoms with van der Waals surface area (Å²) in [4.78, 5) is 16.2. The van der Waals surface area contributed by atoms with Crippen molar-refractivity contribution in [1.82, 2.24) is 10.3 Å². The molecule has 7 heteroatoms. The van der Waals surface area contributed by atoms with Crippen molar-refractivity contribution in [2.24, 2.45) is 5.14 Å². The van der Waals surface area contributed by atoms with E-state index >= 15 is 0 Å². The van der Waals surface area contributed by atoms with Gasteiger partial charge in [-0.3, -0.25) is 9.78 Å². The lowest BCUT2D eigenvalue weighted by Crippen LogP contribution is -2.25. The van der Waals surface area contributed by atoms with Gasteiger partial charge in [-0.05, 0) is 35.2 Å². The Kier molecular flexibility index (Phi) is 5.46. The van der Waals surface area contributed by atoms with Crippen LogP contribution in [0.3, 0.4) is 0 Å². The summed E-state index contributed by atoms with van der Waals surface area (Å²) in [6.45, 7) is 2.21. The number of hydrogen-bond donors (Lipinski definition) is 2. The van der Waals surface area contributed by atoms with Crippen LogP contribution in [-0.2, 0) is 28.7 Å². The number of hydrogen-bond acceptors (Lipinski definition) is 4. The summed E-state index contributed by atoms with van der Waals surface area (Å²) >= 11 is 0. The van der Waals surface area contributed by atoms with Gasteiger partial charge in [-0.2, -0.15) is 0 Å². The standard InChI is InChI=1S/C16H19N3O3S/c1-2-12-7-8-18-15(9-12)16(20)19-10-13-5-3-4-6-14(13)11-23(17,21)22/h3-9H,2,10-11H2,1H3,(H,19,20)(H2,17,21,22). The molecule has 0 aliphatic rings. The molecule has 2 aromatic rings. The quantitative estimate of drug-likeness (QED) is 0.833. The highest BCUT2D eigenvalue weighted by Crippen LogP contribution is 2.11. The van der Waals surface area contributed by atoms with Gasteiger partial charge in [-0.15, -0.1) is 0 Å². The highest BCUT2D eigenvalue weighted by Gasteiger charge is 2.12. The van der Waals surface area contributed by atoms with Gasteiger partial charge in [0.15, 0.2) is 0 Å². The van der Waals surface area contributed by atoms with Crippen molar-refractivity contribution in [2.75, 3.05) is 0 Å². The van der Waals surface area contributed by atoms with Crippen molar-refractivity contribution >= 4 is 15.9 Å². The van der Waals surface area contributed by atoms with Crippen LogP contribution in [0.2, 0.25) is 0 Å². The second-order valence-electron chi connectivity index (χ2n) is 5.16. The first kappa shape index (κ1) is 17.1. The average molecular weight is 333 g/mol. The minimum absolute atomic E-state index is 0.211. The van der Waals surface area contributed by atoms with Crippen LogP contribution in [0.15, 0.2) is 42.6 Å². The van der Waals surface area contributed by atoms with E-state index in [1.165, 1.54) is 0 Å². The number of rotatable bonds is 6. The monoisotopic (exact) mass is 333 g/mol. The lowest BCUT2D eigenvalue weighted by atomic mass is 10.1. The third-order valence-corrected chi connectivity index (χ3v) is 4.09. The van der Waals surface area contributed by atoms with E-state index in [0.29, 0.717) is 16.8 Å². The SMILES string of the molecule is CCc1ccnc(C(=O)NCc2ccccc2CS(N)(=O)=O)c1. The molecule has 0 bridgehead atoms. The first-order valence-electron chi connectivity index (χ1n) is 7.19. The van der Waals surface area contributed by atoms with Crippen molar-refractivity contribution < 1.29 is 13.2 Å². The number of aryl methyl sites for hydroxylation is 1. The van der Waals surface area contributed by atoms with Gasteiger partial charge >= 0.3 is 0 Å². The van der Waals surface area contributed by atoms with Crippen LogP contribution in [0.25, 0.3) is 0 Å². The van der Waals surface area contributed by atoms with Crippen LogP contribution < -0.4 is 10.5 Å². The van der Waals surface area contributed by atoms with Gasteiger partial charge in [-0.1, -0.05) is 31.2 Å². The van der Waals surface area contributed by atoms with E-state index in [0.717, 1.165) is 12.0 Å². The number of aromatic nitrogens is 1. The van der Waals surface area contributed by atoms with E-state index < -0.39 is 10.0 Å². The minimum Gasteiger partial charge on any atom is -0.347 e. The number of primary sulfonamides is 1. The number of carbonyl (C=O) groups excluding carboxylic acids is 1. The van der Waals surface area contributed by atoms with E-state index in [9.17, 15) is 13.2 Å². The third-order valence-electron chi connectivity index (χ3n) is 3.38. The molecular weight excluding hydrogens is 314 g/mol. The van der Waals surface area contributed by atoms with Crippen molar-refractivity contribution in [1.29, 1.82) is 0 Å². The fourth-order valence-corrected chi connectivity index (χ4v) is 2.89. The van der Waals surface area contributed by atoms with Gasteiger partial charge in [0.2, 0.25) is 10.0 Å². The first-order valence-corrected chi connectivity index (χ1v) is 8.91. The highest BCUT2D eigenvalue weighted by molar-refractivity contribution is 7.88. The van der Waals surface area contributed by atoms with Gasteiger partial charge in [0, 0.05) is 12.7 Å². The number of nitrogens with two attached hydrogens (primary N) is 1. The van der Waals surface area contributed by atoms with Gasteiger partial charge in [0.1, 0.15) is 5.69 Å². The van der Waals surface area contributed by atoms with E-state index in [4.69, 9.17) is 5.14 Å². The largest absolute Gasteiger partial charge is 0.347 e. The summed E-state index contributed by atoms with van der Waals surface area (Å²) in [6.07, 6.45) is 2.42. The van der Waals surface area contributed by atoms with Crippen LogP contribution in [0.5, 0.6) is 0 Å². The summed E-state index contributed by atoms with van der Waals surface area (Å²) in [5, 5.41) is 7.85. The average Bonchev–Trinajstić information content (AvgIpc) is 2.52. The maximum absolute atomic E-state index is 12.2. The molecule has 6 nitrogen and oxygen atoms in total. The van der Waals surface area contributed by atoms with Crippen LogP contribution in [0.4, 0.5) is 0 Å². The van der Waals surface area contributed by atoms with Crippen LogP contribution in [0, 0.1) is 0 Å². The number of benzene rings is 1. The molecule has 1 amide bonds. The minimum atomic E-state index is -3.62. The normalized spacial score (nSPS) is 11.2. The molecule has 1 heterocycles. The molecule has 1 aromatic carbocycles. The summed E-state index contributed by atoms with van der Waals surface area (Å²) in [5.74, 6) is -0.562.